The van der Waals surface area contributed by atoms with Crippen LogP contribution in [0.5, 0.6) is 0 Å². The van der Waals surface area contributed by atoms with Gasteiger partial charge in [0.1, 0.15) is 12.2 Å². The topological polar surface area (TPSA) is 55.8 Å². The monoisotopic (exact) mass is 337 g/mol. The van der Waals surface area contributed by atoms with Crippen LogP contribution in [0, 0.1) is 0 Å². The lowest BCUT2D eigenvalue weighted by Gasteiger charge is -2.36. The lowest BCUT2D eigenvalue weighted by atomic mass is 10.00. The zero-order valence-corrected chi connectivity index (χ0v) is 14.0. The number of fused-ring (bicyclic) bond motifs is 2. The highest BCUT2D eigenvalue weighted by Crippen LogP contribution is 2.37. The van der Waals surface area contributed by atoms with Gasteiger partial charge < -0.3 is 9.47 Å². The van der Waals surface area contributed by atoms with Crippen molar-refractivity contribution >= 4 is 23.5 Å². The fraction of sp³-hybridized carbons (Fsp3) is 0.529. The van der Waals surface area contributed by atoms with E-state index >= 15 is 0 Å². The number of ether oxygens (including phenoxy) is 2. The zero-order chi connectivity index (χ0) is 16.6. The number of esters is 2. The van der Waals surface area contributed by atoms with E-state index in [-0.39, 0.29) is 30.3 Å². The van der Waals surface area contributed by atoms with Gasteiger partial charge in [0.15, 0.2) is 0 Å². The Morgan fingerprint density at radius 1 is 1.17 bits per heavy atom. The van der Waals surface area contributed by atoms with Gasteiger partial charge in [-0.15, -0.1) is 0 Å². The lowest BCUT2D eigenvalue weighted by molar-refractivity contribution is -0.147. The number of nitrogens with zero attached hydrogens (tertiary/aromatic N) is 1. The Hall–Kier alpha value is -1.59. The van der Waals surface area contributed by atoms with E-state index in [0.29, 0.717) is 17.0 Å². The van der Waals surface area contributed by atoms with E-state index in [1.165, 1.54) is 6.92 Å². The Kier molecular flexibility index (Phi) is 4.60. The summed E-state index contributed by atoms with van der Waals surface area (Å²) in [5.41, 5.74) is 0.386. The second-order valence-electron chi connectivity index (χ2n) is 6.25. The Labute approximate surface area is 140 Å². The maximum absolute atomic E-state index is 12.3. The first-order valence-corrected chi connectivity index (χ1v) is 8.18. The van der Waals surface area contributed by atoms with Crippen molar-refractivity contribution in [2.24, 2.45) is 0 Å². The van der Waals surface area contributed by atoms with Crippen molar-refractivity contribution in [3.8, 4) is 0 Å². The molecule has 2 saturated heterocycles. The van der Waals surface area contributed by atoms with E-state index < -0.39 is 5.97 Å². The van der Waals surface area contributed by atoms with Gasteiger partial charge in [0.05, 0.1) is 16.6 Å². The number of piperidine rings is 1. The van der Waals surface area contributed by atoms with Gasteiger partial charge in [0.25, 0.3) is 0 Å². The second kappa shape index (κ2) is 6.49. The molecule has 2 bridgehead atoms. The molecule has 0 N–H and O–H groups in total. The number of likely N-dealkylation sites (N-methyl/N-ethyl adjacent to an activating group) is 1. The minimum atomic E-state index is -0.395. The molecule has 0 aromatic heterocycles. The smallest absolute Gasteiger partial charge is 0.339 e. The van der Waals surface area contributed by atoms with Crippen LogP contribution in [0.4, 0.5) is 0 Å². The average Bonchev–Trinajstić information content (AvgIpc) is 2.67. The third kappa shape index (κ3) is 3.35. The Balaban J connectivity index is 1.66. The predicted molar refractivity (Wildman–Crippen MR) is 85.4 cm³/mol. The lowest BCUT2D eigenvalue weighted by Crippen LogP contribution is -2.46. The van der Waals surface area contributed by atoms with Crippen molar-refractivity contribution in [3.63, 3.8) is 0 Å². The van der Waals surface area contributed by atoms with Gasteiger partial charge in [0.2, 0.25) is 0 Å². The van der Waals surface area contributed by atoms with Crippen molar-refractivity contribution in [2.45, 2.75) is 50.5 Å². The molecule has 0 spiro atoms. The largest absolute Gasteiger partial charge is 0.461 e. The van der Waals surface area contributed by atoms with Gasteiger partial charge in [-0.1, -0.05) is 23.7 Å². The SMILES string of the molecule is CC(=O)O[C@@H]1C[C@@H]2C[C@H](OC(=O)c3ccccc3Cl)C[C@@H]1N2C. The number of benzene rings is 1. The van der Waals surface area contributed by atoms with E-state index in [2.05, 4.69) is 4.90 Å². The molecule has 0 amide bonds. The van der Waals surface area contributed by atoms with E-state index in [0.717, 1.165) is 12.8 Å². The molecule has 2 heterocycles. The molecule has 6 heteroatoms. The summed E-state index contributed by atoms with van der Waals surface area (Å²) in [5.74, 6) is -0.658. The number of rotatable bonds is 3. The van der Waals surface area contributed by atoms with Gasteiger partial charge in [-0.3, -0.25) is 9.69 Å². The summed E-state index contributed by atoms with van der Waals surface area (Å²) in [6, 6.07) is 7.24. The van der Waals surface area contributed by atoms with Crippen molar-refractivity contribution in [1.82, 2.24) is 4.90 Å². The second-order valence-corrected chi connectivity index (χ2v) is 6.66. The third-order valence-electron chi connectivity index (χ3n) is 4.76. The fourth-order valence-corrected chi connectivity index (χ4v) is 3.86. The third-order valence-corrected chi connectivity index (χ3v) is 5.09. The summed E-state index contributed by atoms with van der Waals surface area (Å²) >= 11 is 6.04. The molecule has 0 radical (unpaired) electrons. The van der Waals surface area contributed by atoms with E-state index in [4.69, 9.17) is 21.1 Å². The summed E-state index contributed by atoms with van der Waals surface area (Å²) in [6.45, 7) is 1.43. The van der Waals surface area contributed by atoms with Gasteiger partial charge in [0, 0.05) is 32.2 Å². The summed E-state index contributed by atoms with van der Waals surface area (Å²) in [7, 11) is 2.03. The standard InChI is InChI=1S/C17H20ClNO4/c1-10(20)22-16-8-11-7-12(9-15(16)19(11)2)23-17(21)13-5-3-4-6-14(13)18/h3-6,11-12,15-16H,7-9H2,1-2H3/t11-,12-,15-,16+/m0/s1. The zero-order valence-electron chi connectivity index (χ0n) is 13.2. The molecule has 5 nitrogen and oxygen atoms in total. The molecule has 0 unspecified atom stereocenters. The molecular weight excluding hydrogens is 318 g/mol. The van der Waals surface area contributed by atoms with Crippen LogP contribution in [0.3, 0.4) is 0 Å². The summed E-state index contributed by atoms with van der Waals surface area (Å²) < 4.78 is 11.1. The van der Waals surface area contributed by atoms with Crippen molar-refractivity contribution in [2.75, 3.05) is 7.05 Å². The number of carbonyl (C=O) groups excluding carboxylic acids is 2. The highest BCUT2D eigenvalue weighted by atomic mass is 35.5. The van der Waals surface area contributed by atoms with Crippen LogP contribution in [0.25, 0.3) is 0 Å². The van der Waals surface area contributed by atoms with Gasteiger partial charge in [-0.25, -0.2) is 4.79 Å². The highest BCUT2D eigenvalue weighted by Gasteiger charge is 2.47. The molecule has 124 valence electrons. The Bertz CT molecular complexity index is 620. The molecule has 1 aromatic rings. The Morgan fingerprint density at radius 3 is 2.61 bits per heavy atom. The van der Waals surface area contributed by atoms with Crippen LogP contribution >= 0.6 is 11.6 Å². The molecule has 3 rings (SSSR count). The van der Waals surface area contributed by atoms with Crippen LogP contribution < -0.4 is 0 Å². The maximum Gasteiger partial charge on any atom is 0.339 e. The average molecular weight is 338 g/mol. The van der Waals surface area contributed by atoms with Gasteiger partial charge >= 0.3 is 11.9 Å². The minimum Gasteiger partial charge on any atom is -0.461 e. The number of hydrogen-bond acceptors (Lipinski definition) is 5. The predicted octanol–water partition coefficient (Wildman–Crippen LogP) is 2.66. The number of hydrogen-bond donors (Lipinski definition) is 0. The normalized spacial score (nSPS) is 30.0. The molecule has 2 aliphatic rings. The van der Waals surface area contributed by atoms with Crippen LogP contribution in [-0.4, -0.2) is 48.2 Å². The molecule has 4 atom stereocenters. The fourth-order valence-electron chi connectivity index (χ4n) is 3.65. The molecule has 0 aliphatic carbocycles. The molecule has 0 saturated carbocycles. The van der Waals surface area contributed by atoms with Crippen molar-refractivity contribution in [3.05, 3.63) is 34.9 Å². The molecule has 2 aliphatic heterocycles. The maximum atomic E-state index is 12.3. The van der Waals surface area contributed by atoms with Crippen LogP contribution in [0.1, 0.15) is 36.5 Å². The molecule has 1 aromatic carbocycles. The summed E-state index contributed by atoms with van der Waals surface area (Å²) in [6.07, 6.45) is 1.92. The first-order valence-electron chi connectivity index (χ1n) is 7.80. The molecule has 2 fully saturated rings. The van der Waals surface area contributed by atoms with Crippen molar-refractivity contribution in [1.29, 1.82) is 0 Å². The van der Waals surface area contributed by atoms with Gasteiger partial charge in [-0.2, -0.15) is 0 Å². The first-order chi connectivity index (χ1) is 11.0. The van der Waals surface area contributed by atoms with Crippen LogP contribution in [-0.2, 0) is 14.3 Å². The number of halogens is 1. The summed E-state index contributed by atoms with van der Waals surface area (Å²) in [4.78, 5) is 25.8. The molecular formula is C17H20ClNO4. The quantitative estimate of drug-likeness (QED) is 0.794. The van der Waals surface area contributed by atoms with E-state index in [9.17, 15) is 9.59 Å². The minimum absolute atomic E-state index is 0.0988. The van der Waals surface area contributed by atoms with E-state index in [1.807, 2.05) is 7.05 Å². The van der Waals surface area contributed by atoms with Crippen molar-refractivity contribution < 1.29 is 19.1 Å². The van der Waals surface area contributed by atoms with Gasteiger partial charge in [-0.05, 0) is 19.2 Å². The number of carbonyl (C=O) groups is 2. The Morgan fingerprint density at radius 2 is 1.91 bits per heavy atom. The summed E-state index contributed by atoms with van der Waals surface area (Å²) in [5, 5.41) is 0.395. The van der Waals surface area contributed by atoms with Crippen LogP contribution in [0.15, 0.2) is 24.3 Å². The van der Waals surface area contributed by atoms with E-state index in [1.54, 1.807) is 24.3 Å². The first kappa shape index (κ1) is 16.3. The highest BCUT2D eigenvalue weighted by molar-refractivity contribution is 6.33. The molecule has 23 heavy (non-hydrogen) atoms. The van der Waals surface area contributed by atoms with Crippen LogP contribution in [0.2, 0.25) is 5.02 Å².